The lowest BCUT2D eigenvalue weighted by atomic mass is 10.1. The maximum Gasteiger partial charge on any atom is 0.174 e. The molecule has 0 amide bonds. The molecule has 0 atom stereocenters. The Morgan fingerprint density at radius 2 is 1.76 bits per heavy atom. The van der Waals surface area contributed by atoms with Gasteiger partial charge in [-0.05, 0) is 90.4 Å². The van der Waals surface area contributed by atoms with Gasteiger partial charge in [-0.1, -0.05) is 24.3 Å². The van der Waals surface area contributed by atoms with E-state index in [-0.39, 0.29) is 12.4 Å². The smallest absolute Gasteiger partial charge is 0.174 e. The number of aryl methyl sites for hydroxylation is 2. The fourth-order valence-corrected chi connectivity index (χ4v) is 3.77. The topological polar surface area (TPSA) is 30.5 Å². The molecule has 0 radical (unpaired) electrons. The van der Waals surface area contributed by atoms with Gasteiger partial charge >= 0.3 is 0 Å². The standard InChI is InChI=1S/C24H25FINO2/c1-4-28-23-13-18(14-27-20-10-9-16(2)17(3)11-20)12-22(26)24(23)29-15-19-7-5-6-8-21(19)25/h5-13,27H,4,14-15H2,1-3H3. The molecule has 0 aliphatic rings. The highest BCUT2D eigenvalue weighted by Gasteiger charge is 2.13. The molecular formula is C24H25FINO2. The molecule has 29 heavy (non-hydrogen) atoms. The SMILES string of the molecule is CCOc1cc(CNc2ccc(C)c(C)c2)cc(I)c1OCc1ccccc1F. The summed E-state index contributed by atoms with van der Waals surface area (Å²) in [4.78, 5) is 0. The zero-order chi connectivity index (χ0) is 20.8. The lowest BCUT2D eigenvalue weighted by molar-refractivity contribution is 0.264. The van der Waals surface area contributed by atoms with Crippen molar-refractivity contribution in [2.75, 3.05) is 11.9 Å². The molecule has 0 fully saturated rings. The maximum atomic E-state index is 13.9. The predicted octanol–water partition coefficient (Wildman–Crippen LogP) is 6.64. The van der Waals surface area contributed by atoms with Crippen molar-refractivity contribution in [2.45, 2.75) is 33.9 Å². The van der Waals surface area contributed by atoms with Crippen molar-refractivity contribution in [3.05, 3.63) is 86.2 Å². The highest BCUT2D eigenvalue weighted by Crippen LogP contribution is 2.35. The van der Waals surface area contributed by atoms with Crippen LogP contribution in [-0.2, 0) is 13.2 Å². The van der Waals surface area contributed by atoms with E-state index < -0.39 is 0 Å². The van der Waals surface area contributed by atoms with Gasteiger partial charge < -0.3 is 14.8 Å². The van der Waals surface area contributed by atoms with E-state index in [2.05, 4.69) is 66.0 Å². The first kappa shape index (κ1) is 21.4. The van der Waals surface area contributed by atoms with Crippen LogP contribution in [0.2, 0.25) is 0 Å². The van der Waals surface area contributed by atoms with E-state index in [0.29, 0.717) is 30.2 Å². The molecule has 3 rings (SSSR count). The summed E-state index contributed by atoms with van der Waals surface area (Å²) in [5.74, 6) is 1.05. The molecule has 0 heterocycles. The molecule has 3 nitrogen and oxygen atoms in total. The van der Waals surface area contributed by atoms with Crippen molar-refractivity contribution >= 4 is 28.3 Å². The highest BCUT2D eigenvalue weighted by molar-refractivity contribution is 14.1. The number of nitrogens with one attached hydrogen (secondary N) is 1. The van der Waals surface area contributed by atoms with E-state index >= 15 is 0 Å². The van der Waals surface area contributed by atoms with Crippen LogP contribution < -0.4 is 14.8 Å². The van der Waals surface area contributed by atoms with Gasteiger partial charge in [0.05, 0.1) is 10.2 Å². The van der Waals surface area contributed by atoms with E-state index in [0.717, 1.165) is 14.8 Å². The molecule has 0 bridgehead atoms. The van der Waals surface area contributed by atoms with E-state index in [1.807, 2.05) is 13.0 Å². The van der Waals surface area contributed by atoms with Crippen LogP contribution in [0, 0.1) is 23.2 Å². The second-order valence-electron chi connectivity index (χ2n) is 6.87. The molecule has 1 N–H and O–H groups in total. The molecule has 152 valence electrons. The molecule has 0 saturated carbocycles. The minimum atomic E-state index is -0.269. The fourth-order valence-electron chi connectivity index (χ4n) is 2.95. The largest absolute Gasteiger partial charge is 0.490 e. The van der Waals surface area contributed by atoms with Crippen LogP contribution in [0.5, 0.6) is 11.5 Å². The summed E-state index contributed by atoms with van der Waals surface area (Å²) in [6.07, 6.45) is 0. The number of rotatable bonds is 8. The lowest BCUT2D eigenvalue weighted by Gasteiger charge is -2.16. The van der Waals surface area contributed by atoms with E-state index in [1.165, 1.54) is 17.2 Å². The Labute approximate surface area is 185 Å². The van der Waals surface area contributed by atoms with Gasteiger partial charge in [-0.2, -0.15) is 0 Å². The minimum Gasteiger partial charge on any atom is -0.490 e. The van der Waals surface area contributed by atoms with Crippen molar-refractivity contribution in [3.63, 3.8) is 0 Å². The number of hydrogen-bond donors (Lipinski definition) is 1. The van der Waals surface area contributed by atoms with Crippen LogP contribution in [0.3, 0.4) is 0 Å². The second-order valence-corrected chi connectivity index (χ2v) is 8.03. The fraction of sp³-hybridized carbons (Fsp3) is 0.250. The molecule has 0 aliphatic carbocycles. The Morgan fingerprint density at radius 3 is 2.48 bits per heavy atom. The molecule has 3 aromatic carbocycles. The average Bonchev–Trinajstić information content (AvgIpc) is 2.70. The Kier molecular flexibility index (Phi) is 7.36. The molecule has 0 unspecified atom stereocenters. The van der Waals surface area contributed by atoms with Crippen molar-refractivity contribution in [1.82, 2.24) is 0 Å². The number of ether oxygens (including phenoxy) is 2. The average molecular weight is 505 g/mol. The van der Waals surface area contributed by atoms with E-state index in [9.17, 15) is 4.39 Å². The van der Waals surface area contributed by atoms with Crippen LogP contribution in [0.4, 0.5) is 10.1 Å². The zero-order valence-corrected chi connectivity index (χ0v) is 19.0. The molecule has 0 spiro atoms. The van der Waals surface area contributed by atoms with Crippen LogP contribution in [-0.4, -0.2) is 6.61 Å². The number of anilines is 1. The third-order valence-corrected chi connectivity index (χ3v) is 5.50. The minimum absolute atomic E-state index is 0.156. The Morgan fingerprint density at radius 1 is 0.966 bits per heavy atom. The molecule has 3 aromatic rings. The number of hydrogen-bond acceptors (Lipinski definition) is 3. The maximum absolute atomic E-state index is 13.9. The van der Waals surface area contributed by atoms with Gasteiger partial charge in [-0.3, -0.25) is 0 Å². The molecule has 0 aliphatic heterocycles. The number of benzene rings is 3. The summed E-state index contributed by atoms with van der Waals surface area (Å²) in [5.41, 5.74) is 5.23. The van der Waals surface area contributed by atoms with Crippen molar-refractivity contribution in [3.8, 4) is 11.5 Å². The van der Waals surface area contributed by atoms with Crippen LogP contribution >= 0.6 is 22.6 Å². The van der Waals surface area contributed by atoms with Crippen LogP contribution in [0.25, 0.3) is 0 Å². The van der Waals surface area contributed by atoms with Gasteiger partial charge in [0.25, 0.3) is 0 Å². The summed E-state index contributed by atoms with van der Waals surface area (Å²) in [5, 5.41) is 3.46. The van der Waals surface area contributed by atoms with Crippen molar-refractivity contribution in [2.24, 2.45) is 0 Å². The molecule has 5 heteroatoms. The van der Waals surface area contributed by atoms with Crippen LogP contribution in [0.1, 0.15) is 29.2 Å². The van der Waals surface area contributed by atoms with Gasteiger partial charge in [0.15, 0.2) is 11.5 Å². The normalized spacial score (nSPS) is 10.7. The number of halogens is 2. The first-order valence-electron chi connectivity index (χ1n) is 9.60. The van der Waals surface area contributed by atoms with Gasteiger partial charge in [-0.25, -0.2) is 4.39 Å². The van der Waals surface area contributed by atoms with Gasteiger partial charge in [0, 0.05) is 17.8 Å². The third-order valence-electron chi connectivity index (χ3n) is 4.70. The first-order valence-corrected chi connectivity index (χ1v) is 10.7. The Bertz CT molecular complexity index is 991. The first-order chi connectivity index (χ1) is 14.0. The molecule has 0 saturated heterocycles. The summed E-state index contributed by atoms with van der Waals surface area (Å²) in [6, 6.07) is 17.0. The third kappa shape index (κ3) is 5.63. The summed E-state index contributed by atoms with van der Waals surface area (Å²) >= 11 is 2.24. The van der Waals surface area contributed by atoms with Gasteiger partial charge in [0.2, 0.25) is 0 Å². The molecule has 0 aromatic heterocycles. The Hall–Kier alpha value is -2.28. The monoisotopic (exact) mass is 505 g/mol. The van der Waals surface area contributed by atoms with Crippen LogP contribution in [0.15, 0.2) is 54.6 Å². The van der Waals surface area contributed by atoms with Gasteiger partial charge in [-0.15, -0.1) is 0 Å². The Balaban J connectivity index is 1.76. The summed E-state index contributed by atoms with van der Waals surface area (Å²) in [6.45, 7) is 7.51. The summed E-state index contributed by atoms with van der Waals surface area (Å²) < 4.78 is 26.6. The van der Waals surface area contributed by atoms with Gasteiger partial charge in [0.1, 0.15) is 12.4 Å². The zero-order valence-electron chi connectivity index (χ0n) is 16.9. The second kappa shape index (κ2) is 9.96. The van der Waals surface area contributed by atoms with Crippen molar-refractivity contribution in [1.29, 1.82) is 0 Å². The van der Waals surface area contributed by atoms with E-state index in [1.54, 1.807) is 18.2 Å². The predicted molar refractivity (Wildman–Crippen MR) is 124 cm³/mol. The van der Waals surface area contributed by atoms with Crippen molar-refractivity contribution < 1.29 is 13.9 Å². The quantitative estimate of drug-likeness (QED) is 0.349. The molecular weight excluding hydrogens is 480 g/mol. The highest BCUT2D eigenvalue weighted by atomic mass is 127. The summed E-state index contributed by atoms with van der Waals surface area (Å²) in [7, 11) is 0. The van der Waals surface area contributed by atoms with E-state index in [4.69, 9.17) is 9.47 Å². The lowest BCUT2D eigenvalue weighted by Crippen LogP contribution is -2.05.